The van der Waals surface area contributed by atoms with E-state index in [1.807, 2.05) is 17.0 Å². The van der Waals surface area contributed by atoms with E-state index in [-0.39, 0.29) is 11.5 Å². The summed E-state index contributed by atoms with van der Waals surface area (Å²) in [6, 6.07) is 13.9. The first-order chi connectivity index (χ1) is 14.1. The van der Waals surface area contributed by atoms with Gasteiger partial charge in [-0.25, -0.2) is 0 Å². The Hall–Kier alpha value is -3.60. The summed E-state index contributed by atoms with van der Waals surface area (Å²) < 4.78 is 29.8. The number of ether oxygens (including phenoxy) is 1. The number of phenols is 1. The van der Waals surface area contributed by atoms with E-state index < -0.39 is 6.61 Å². The summed E-state index contributed by atoms with van der Waals surface area (Å²) in [5.41, 5.74) is 2.40. The highest BCUT2D eigenvalue weighted by molar-refractivity contribution is 5.95. The molecule has 29 heavy (non-hydrogen) atoms. The van der Waals surface area contributed by atoms with Gasteiger partial charge in [0.25, 0.3) is 0 Å². The number of hydrogen-bond donors (Lipinski definition) is 1. The van der Waals surface area contributed by atoms with Crippen molar-refractivity contribution in [3.05, 3.63) is 54.2 Å². The third-order valence-corrected chi connectivity index (χ3v) is 4.97. The molecule has 0 spiro atoms. The van der Waals surface area contributed by atoms with E-state index in [2.05, 4.69) is 20.7 Å². The lowest BCUT2D eigenvalue weighted by Crippen LogP contribution is -2.46. The topological polar surface area (TPSA) is 72.6 Å². The van der Waals surface area contributed by atoms with Crippen LogP contribution in [-0.4, -0.2) is 42.9 Å². The largest absolute Gasteiger partial charge is 0.506 e. The third-order valence-electron chi connectivity index (χ3n) is 4.97. The number of aromatic nitrogens is 1. The highest BCUT2D eigenvalue weighted by Crippen LogP contribution is 2.34. The predicted molar refractivity (Wildman–Crippen MR) is 106 cm³/mol. The molecule has 0 unspecified atom stereocenters. The maximum atomic E-state index is 12.6. The van der Waals surface area contributed by atoms with E-state index in [0.29, 0.717) is 48.3 Å². The summed E-state index contributed by atoms with van der Waals surface area (Å²) in [4.78, 5) is 8.39. The fourth-order valence-corrected chi connectivity index (χ4v) is 3.66. The molecule has 2 aromatic carbocycles. The van der Waals surface area contributed by atoms with Crippen LogP contribution in [0.2, 0.25) is 0 Å². The highest BCUT2D eigenvalue weighted by atomic mass is 19.3. The summed E-state index contributed by atoms with van der Waals surface area (Å²) in [6.07, 6.45) is 1.50. The van der Waals surface area contributed by atoms with Crippen LogP contribution in [0.15, 0.2) is 48.7 Å². The molecule has 1 fully saturated rings. The number of para-hydroxylation sites is 2. The molecule has 1 aliphatic heterocycles. The van der Waals surface area contributed by atoms with E-state index >= 15 is 0 Å². The Balaban J connectivity index is 1.66. The number of halogens is 2. The number of anilines is 2. The number of pyridine rings is 1. The average Bonchev–Trinajstić information content (AvgIpc) is 2.73. The van der Waals surface area contributed by atoms with Gasteiger partial charge in [-0.3, -0.25) is 4.98 Å². The minimum atomic E-state index is -2.93. The van der Waals surface area contributed by atoms with Gasteiger partial charge in [-0.1, -0.05) is 12.1 Å². The number of piperazine rings is 1. The molecule has 1 N–H and O–H groups in total. The molecule has 0 saturated carbocycles. The zero-order chi connectivity index (χ0) is 20.4. The SMILES string of the molecule is N#Cc1cnc2ccc(OC(F)F)cc2c1N1CCN(c2ccccc2O)CC1. The molecular formula is C21H18F2N4O2. The minimum Gasteiger partial charge on any atom is -0.506 e. The number of benzene rings is 2. The number of alkyl halides is 2. The Morgan fingerprint density at radius 2 is 1.79 bits per heavy atom. The second-order valence-electron chi connectivity index (χ2n) is 6.65. The van der Waals surface area contributed by atoms with Crippen molar-refractivity contribution in [1.82, 2.24) is 4.98 Å². The summed E-state index contributed by atoms with van der Waals surface area (Å²) in [5.74, 6) is 0.250. The van der Waals surface area contributed by atoms with E-state index in [0.717, 1.165) is 5.69 Å². The van der Waals surface area contributed by atoms with Crippen molar-refractivity contribution in [2.24, 2.45) is 0 Å². The van der Waals surface area contributed by atoms with Gasteiger partial charge in [-0.2, -0.15) is 14.0 Å². The van der Waals surface area contributed by atoms with Crippen LogP contribution in [0.5, 0.6) is 11.5 Å². The molecule has 148 valence electrons. The summed E-state index contributed by atoms with van der Waals surface area (Å²) in [7, 11) is 0. The summed E-state index contributed by atoms with van der Waals surface area (Å²) in [5, 5.41) is 20.3. The zero-order valence-electron chi connectivity index (χ0n) is 15.4. The van der Waals surface area contributed by atoms with Crippen molar-refractivity contribution < 1.29 is 18.6 Å². The van der Waals surface area contributed by atoms with Crippen LogP contribution < -0.4 is 14.5 Å². The number of nitriles is 1. The van der Waals surface area contributed by atoms with Crippen molar-refractivity contribution in [3.8, 4) is 17.6 Å². The monoisotopic (exact) mass is 396 g/mol. The first kappa shape index (κ1) is 18.7. The summed E-state index contributed by atoms with van der Waals surface area (Å²) >= 11 is 0. The third kappa shape index (κ3) is 3.72. The predicted octanol–water partition coefficient (Wildman–Crippen LogP) is 3.74. The number of nitrogens with zero attached hydrogens (tertiary/aromatic N) is 4. The molecule has 2 heterocycles. The zero-order valence-corrected chi connectivity index (χ0v) is 15.4. The van der Waals surface area contributed by atoms with Gasteiger partial charge in [0.2, 0.25) is 0 Å². The second-order valence-corrected chi connectivity index (χ2v) is 6.65. The van der Waals surface area contributed by atoms with Gasteiger partial charge in [0, 0.05) is 37.8 Å². The Bertz CT molecular complexity index is 1080. The second kappa shape index (κ2) is 7.80. The van der Waals surface area contributed by atoms with Gasteiger partial charge in [-0.15, -0.1) is 0 Å². The van der Waals surface area contributed by atoms with Gasteiger partial charge < -0.3 is 19.6 Å². The van der Waals surface area contributed by atoms with Crippen LogP contribution in [0.4, 0.5) is 20.2 Å². The fourth-order valence-electron chi connectivity index (χ4n) is 3.66. The summed E-state index contributed by atoms with van der Waals surface area (Å²) in [6.45, 7) is -0.451. The first-order valence-electron chi connectivity index (χ1n) is 9.12. The Morgan fingerprint density at radius 1 is 1.07 bits per heavy atom. The molecule has 0 bridgehead atoms. The van der Waals surface area contributed by atoms with Crippen molar-refractivity contribution in [2.75, 3.05) is 36.0 Å². The lowest BCUT2D eigenvalue weighted by atomic mass is 10.1. The number of aromatic hydroxyl groups is 1. The van der Waals surface area contributed by atoms with Gasteiger partial charge in [-0.05, 0) is 30.3 Å². The molecule has 0 radical (unpaired) electrons. The lowest BCUT2D eigenvalue weighted by Gasteiger charge is -2.38. The van der Waals surface area contributed by atoms with Crippen LogP contribution in [-0.2, 0) is 0 Å². The molecule has 3 aromatic rings. The standard InChI is InChI=1S/C21H18F2N4O2/c22-21(23)29-15-5-6-17-16(11-15)20(14(12-24)13-25-17)27-9-7-26(8-10-27)18-3-1-2-4-19(18)28/h1-6,11,13,21,28H,7-10H2. The van der Waals surface area contributed by atoms with Gasteiger partial charge in [0.05, 0.1) is 22.5 Å². The average molecular weight is 396 g/mol. The highest BCUT2D eigenvalue weighted by Gasteiger charge is 2.23. The molecule has 0 atom stereocenters. The lowest BCUT2D eigenvalue weighted by molar-refractivity contribution is -0.0497. The van der Waals surface area contributed by atoms with Crippen molar-refractivity contribution >= 4 is 22.3 Å². The molecule has 6 nitrogen and oxygen atoms in total. The van der Waals surface area contributed by atoms with Gasteiger partial charge >= 0.3 is 6.61 Å². The number of phenolic OH excluding ortho intramolecular Hbond substituents is 1. The molecule has 0 amide bonds. The molecule has 8 heteroatoms. The maximum Gasteiger partial charge on any atom is 0.387 e. The Kier molecular flexibility index (Phi) is 5.04. The van der Waals surface area contributed by atoms with Gasteiger partial charge in [0.1, 0.15) is 17.6 Å². The van der Waals surface area contributed by atoms with E-state index in [9.17, 15) is 19.1 Å². The van der Waals surface area contributed by atoms with Crippen LogP contribution in [0.1, 0.15) is 5.56 Å². The number of rotatable bonds is 4. The Morgan fingerprint density at radius 3 is 2.48 bits per heavy atom. The molecule has 1 aromatic heterocycles. The van der Waals surface area contributed by atoms with Crippen molar-refractivity contribution in [2.45, 2.75) is 6.61 Å². The van der Waals surface area contributed by atoms with Crippen molar-refractivity contribution in [3.63, 3.8) is 0 Å². The van der Waals surface area contributed by atoms with E-state index in [4.69, 9.17) is 0 Å². The molecule has 1 aliphatic rings. The minimum absolute atomic E-state index is 0.0264. The van der Waals surface area contributed by atoms with E-state index in [1.54, 1.807) is 18.2 Å². The number of hydrogen-bond acceptors (Lipinski definition) is 6. The maximum absolute atomic E-state index is 12.6. The van der Waals surface area contributed by atoms with Crippen LogP contribution in [0.25, 0.3) is 10.9 Å². The van der Waals surface area contributed by atoms with E-state index in [1.165, 1.54) is 18.3 Å². The normalized spacial score (nSPS) is 14.3. The molecule has 1 saturated heterocycles. The molecular weight excluding hydrogens is 378 g/mol. The smallest absolute Gasteiger partial charge is 0.387 e. The molecule has 0 aliphatic carbocycles. The number of fused-ring (bicyclic) bond motifs is 1. The van der Waals surface area contributed by atoms with Gasteiger partial charge in [0.15, 0.2) is 0 Å². The first-order valence-corrected chi connectivity index (χ1v) is 9.12. The fraction of sp³-hybridized carbons (Fsp3) is 0.238. The molecule has 4 rings (SSSR count). The van der Waals surface area contributed by atoms with Crippen LogP contribution >= 0.6 is 0 Å². The quantitative estimate of drug-likeness (QED) is 0.724. The van der Waals surface area contributed by atoms with Crippen LogP contribution in [0, 0.1) is 11.3 Å². The Labute approximate surface area is 166 Å². The van der Waals surface area contributed by atoms with Crippen LogP contribution in [0.3, 0.4) is 0 Å². The van der Waals surface area contributed by atoms with Crippen molar-refractivity contribution in [1.29, 1.82) is 5.26 Å².